The van der Waals surface area contributed by atoms with Crippen LogP contribution in [-0.2, 0) is 0 Å². The number of rotatable bonds is 4. The summed E-state index contributed by atoms with van der Waals surface area (Å²) in [5, 5.41) is 3.83. The molecule has 0 aromatic heterocycles. The Kier molecular flexibility index (Phi) is 5.14. The van der Waals surface area contributed by atoms with Crippen molar-refractivity contribution in [1.82, 2.24) is 5.32 Å². The van der Waals surface area contributed by atoms with Crippen molar-refractivity contribution in [3.63, 3.8) is 0 Å². The molecule has 2 unspecified atom stereocenters. The number of benzene rings is 1. The Labute approximate surface area is 131 Å². The average Bonchev–Trinajstić information content (AvgIpc) is 2.36. The third-order valence-electron chi connectivity index (χ3n) is 5.47. The Morgan fingerprint density at radius 3 is 2.29 bits per heavy atom. The molecule has 1 nitrogen and oxygen atoms in total. The lowest BCUT2D eigenvalue weighted by Gasteiger charge is -2.44. The number of hydrogen-bond acceptors (Lipinski definition) is 1. The maximum absolute atomic E-state index is 3.83. The van der Waals surface area contributed by atoms with Gasteiger partial charge in [0.2, 0.25) is 0 Å². The van der Waals surface area contributed by atoms with Gasteiger partial charge in [-0.1, -0.05) is 51.3 Å². The van der Waals surface area contributed by atoms with Gasteiger partial charge in [-0.2, -0.15) is 0 Å². The summed E-state index contributed by atoms with van der Waals surface area (Å²) in [7, 11) is 0. The molecule has 1 aromatic carbocycles. The zero-order chi connectivity index (χ0) is 15.6. The van der Waals surface area contributed by atoms with E-state index in [-0.39, 0.29) is 0 Å². The molecule has 2 atom stereocenters. The largest absolute Gasteiger partial charge is 0.310 e. The monoisotopic (exact) mass is 287 g/mol. The smallest absolute Gasteiger partial charge is 0.0358 e. The average molecular weight is 287 g/mol. The molecule has 1 aliphatic carbocycles. The molecule has 1 heteroatoms. The van der Waals surface area contributed by atoms with E-state index < -0.39 is 0 Å². The first-order valence-electron chi connectivity index (χ1n) is 8.68. The molecule has 2 rings (SSSR count). The highest BCUT2D eigenvalue weighted by Crippen LogP contribution is 2.47. The molecule has 1 aliphatic rings. The number of nitrogens with one attached hydrogen (secondary N) is 1. The molecule has 0 aliphatic heterocycles. The summed E-state index contributed by atoms with van der Waals surface area (Å²) >= 11 is 0. The Morgan fingerprint density at radius 2 is 1.76 bits per heavy atom. The van der Waals surface area contributed by atoms with Gasteiger partial charge in [-0.3, -0.25) is 0 Å². The van der Waals surface area contributed by atoms with Crippen LogP contribution in [-0.4, -0.2) is 6.54 Å². The van der Waals surface area contributed by atoms with Crippen LogP contribution in [0.5, 0.6) is 0 Å². The van der Waals surface area contributed by atoms with Gasteiger partial charge < -0.3 is 5.32 Å². The van der Waals surface area contributed by atoms with Crippen LogP contribution < -0.4 is 5.32 Å². The summed E-state index contributed by atoms with van der Waals surface area (Å²) in [4.78, 5) is 0. The van der Waals surface area contributed by atoms with Crippen LogP contribution in [0.3, 0.4) is 0 Å². The molecule has 0 spiro atoms. The molecule has 0 radical (unpaired) electrons. The third-order valence-corrected chi connectivity index (χ3v) is 5.47. The summed E-state index contributed by atoms with van der Waals surface area (Å²) in [5.41, 5.74) is 6.29. The van der Waals surface area contributed by atoms with E-state index in [0.29, 0.717) is 11.5 Å². The van der Waals surface area contributed by atoms with E-state index in [1.54, 1.807) is 5.56 Å². The number of aryl methyl sites for hydroxylation is 3. The second-order valence-corrected chi connectivity index (χ2v) is 7.69. The van der Waals surface area contributed by atoms with Crippen molar-refractivity contribution in [2.75, 3.05) is 6.54 Å². The molecule has 1 aromatic rings. The van der Waals surface area contributed by atoms with Gasteiger partial charge in [-0.05, 0) is 68.2 Å². The summed E-state index contributed by atoms with van der Waals surface area (Å²) in [5.74, 6) is 0.742. The van der Waals surface area contributed by atoms with Crippen LogP contribution in [0.1, 0.15) is 74.8 Å². The quantitative estimate of drug-likeness (QED) is 0.773. The van der Waals surface area contributed by atoms with Gasteiger partial charge in [0.05, 0.1) is 0 Å². The van der Waals surface area contributed by atoms with Crippen LogP contribution in [0.25, 0.3) is 0 Å². The van der Waals surface area contributed by atoms with E-state index in [1.165, 1.54) is 42.4 Å². The second-order valence-electron chi connectivity index (χ2n) is 7.69. The predicted molar refractivity (Wildman–Crippen MR) is 92.8 cm³/mol. The normalized spacial score (nSPS) is 23.0. The first-order chi connectivity index (χ1) is 9.86. The van der Waals surface area contributed by atoms with E-state index in [2.05, 4.69) is 59.0 Å². The van der Waals surface area contributed by atoms with E-state index in [4.69, 9.17) is 0 Å². The van der Waals surface area contributed by atoms with E-state index >= 15 is 0 Å². The molecule has 1 saturated carbocycles. The molecule has 0 bridgehead atoms. The van der Waals surface area contributed by atoms with Crippen molar-refractivity contribution >= 4 is 0 Å². The molecular weight excluding hydrogens is 254 g/mol. The van der Waals surface area contributed by atoms with Crippen LogP contribution in [0, 0.1) is 32.1 Å². The Morgan fingerprint density at radius 1 is 1.14 bits per heavy atom. The Balaban J connectivity index is 2.44. The first-order valence-corrected chi connectivity index (χ1v) is 8.68. The van der Waals surface area contributed by atoms with Gasteiger partial charge in [-0.25, -0.2) is 0 Å². The van der Waals surface area contributed by atoms with E-state index in [1.807, 2.05) is 0 Å². The highest BCUT2D eigenvalue weighted by molar-refractivity contribution is 5.40. The molecule has 1 fully saturated rings. The zero-order valence-electron chi connectivity index (χ0n) is 14.8. The highest BCUT2D eigenvalue weighted by Gasteiger charge is 2.38. The molecule has 21 heavy (non-hydrogen) atoms. The molecule has 0 amide bonds. The summed E-state index contributed by atoms with van der Waals surface area (Å²) in [6, 6.07) is 5.20. The minimum Gasteiger partial charge on any atom is -0.310 e. The lowest BCUT2D eigenvalue weighted by Crippen LogP contribution is -2.39. The van der Waals surface area contributed by atoms with Crippen molar-refractivity contribution in [3.8, 4) is 0 Å². The van der Waals surface area contributed by atoms with Gasteiger partial charge >= 0.3 is 0 Å². The highest BCUT2D eigenvalue weighted by atomic mass is 14.9. The van der Waals surface area contributed by atoms with Crippen LogP contribution in [0.4, 0.5) is 0 Å². The van der Waals surface area contributed by atoms with Crippen molar-refractivity contribution in [2.45, 2.75) is 73.3 Å². The van der Waals surface area contributed by atoms with E-state index in [0.717, 1.165) is 12.5 Å². The zero-order valence-corrected chi connectivity index (χ0v) is 14.8. The fourth-order valence-corrected chi connectivity index (χ4v) is 4.49. The molecule has 0 heterocycles. The summed E-state index contributed by atoms with van der Waals surface area (Å²) in [6.45, 7) is 15.0. The van der Waals surface area contributed by atoms with Gasteiger partial charge in [0, 0.05) is 6.04 Å². The summed E-state index contributed by atoms with van der Waals surface area (Å²) in [6.07, 6.45) is 5.51. The maximum atomic E-state index is 3.83. The van der Waals surface area contributed by atoms with Gasteiger partial charge in [0.1, 0.15) is 0 Å². The van der Waals surface area contributed by atoms with Gasteiger partial charge in [-0.15, -0.1) is 0 Å². The standard InChI is InChI=1S/C20H33N/c1-7-21-19(17-10-8-9-11-20(17,5)6)18-15(3)12-14(2)13-16(18)4/h12-13,17,19,21H,7-11H2,1-6H3. The van der Waals surface area contributed by atoms with Crippen molar-refractivity contribution < 1.29 is 0 Å². The van der Waals surface area contributed by atoms with Gasteiger partial charge in [0.25, 0.3) is 0 Å². The van der Waals surface area contributed by atoms with Crippen LogP contribution >= 0.6 is 0 Å². The first kappa shape index (κ1) is 16.5. The van der Waals surface area contributed by atoms with Crippen LogP contribution in [0.2, 0.25) is 0 Å². The molecular formula is C20H33N. The third kappa shape index (κ3) is 3.51. The van der Waals surface area contributed by atoms with Crippen molar-refractivity contribution in [3.05, 3.63) is 34.4 Å². The topological polar surface area (TPSA) is 12.0 Å². The molecule has 0 saturated heterocycles. The summed E-state index contributed by atoms with van der Waals surface area (Å²) < 4.78 is 0. The molecule has 118 valence electrons. The maximum Gasteiger partial charge on any atom is 0.0358 e. The Hall–Kier alpha value is -0.820. The fourth-order valence-electron chi connectivity index (χ4n) is 4.49. The minimum atomic E-state index is 0.439. The van der Waals surface area contributed by atoms with Crippen molar-refractivity contribution in [1.29, 1.82) is 0 Å². The van der Waals surface area contributed by atoms with Gasteiger partial charge in [0.15, 0.2) is 0 Å². The fraction of sp³-hybridized carbons (Fsp3) is 0.700. The molecule has 1 N–H and O–H groups in total. The SMILES string of the molecule is CCNC(c1c(C)cc(C)cc1C)C1CCCCC1(C)C. The number of hydrogen-bond donors (Lipinski definition) is 1. The van der Waals surface area contributed by atoms with Crippen molar-refractivity contribution in [2.24, 2.45) is 11.3 Å². The minimum absolute atomic E-state index is 0.439. The lowest BCUT2D eigenvalue weighted by molar-refractivity contribution is 0.0984. The predicted octanol–water partition coefficient (Wildman–Crippen LogP) is 5.48. The Bertz CT molecular complexity index is 464. The van der Waals surface area contributed by atoms with E-state index in [9.17, 15) is 0 Å². The second kappa shape index (κ2) is 6.52. The van der Waals surface area contributed by atoms with Crippen LogP contribution in [0.15, 0.2) is 12.1 Å². The lowest BCUT2D eigenvalue weighted by atomic mass is 9.64.